The molecule has 0 aliphatic carbocycles. The lowest BCUT2D eigenvalue weighted by Crippen LogP contribution is -2.26. The Kier molecular flexibility index (Phi) is 3.61. The SMILES string of the molecule is Cc1oc(-c2ccccc2)cc1CC(N)CO. The Hall–Kier alpha value is -1.58. The molecule has 1 aromatic carbocycles. The predicted molar refractivity (Wildman–Crippen MR) is 67.6 cm³/mol. The lowest BCUT2D eigenvalue weighted by molar-refractivity contribution is 0.265. The van der Waals surface area contributed by atoms with E-state index in [4.69, 9.17) is 15.3 Å². The first-order chi connectivity index (χ1) is 8.20. The van der Waals surface area contributed by atoms with Crippen LogP contribution in [0.3, 0.4) is 0 Å². The number of furan rings is 1. The number of nitrogens with two attached hydrogens (primary N) is 1. The van der Waals surface area contributed by atoms with Crippen LogP contribution in [0.2, 0.25) is 0 Å². The Labute approximate surface area is 101 Å². The Morgan fingerprint density at radius 3 is 2.65 bits per heavy atom. The minimum Gasteiger partial charge on any atom is -0.461 e. The van der Waals surface area contributed by atoms with Crippen molar-refractivity contribution in [2.75, 3.05) is 6.61 Å². The van der Waals surface area contributed by atoms with Crippen LogP contribution in [0.1, 0.15) is 11.3 Å². The zero-order chi connectivity index (χ0) is 12.3. The molecule has 0 bridgehead atoms. The summed E-state index contributed by atoms with van der Waals surface area (Å²) in [5.74, 6) is 1.72. The molecule has 0 amide bonds. The normalized spacial score (nSPS) is 12.6. The quantitative estimate of drug-likeness (QED) is 0.847. The second kappa shape index (κ2) is 5.17. The third-order valence-electron chi connectivity index (χ3n) is 2.80. The van der Waals surface area contributed by atoms with Crippen LogP contribution in [0.4, 0.5) is 0 Å². The highest BCUT2D eigenvalue weighted by molar-refractivity contribution is 5.58. The van der Waals surface area contributed by atoms with E-state index < -0.39 is 0 Å². The molecular formula is C14H17NO2. The Bertz CT molecular complexity index is 476. The van der Waals surface area contributed by atoms with Gasteiger partial charge in [0.15, 0.2) is 0 Å². The largest absolute Gasteiger partial charge is 0.461 e. The number of aryl methyl sites for hydroxylation is 1. The van der Waals surface area contributed by atoms with Crippen LogP contribution >= 0.6 is 0 Å². The molecule has 0 aliphatic rings. The van der Waals surface area contributed by atoms with Gasteiger partial charge in [0.25, 0.3) is 0 Å². The molecule has 2 rings (SSSR count). The van der Waals surface area contributed by atoms with Crippen molar-refractivity contribution >= 4 is 0 Å². The number of aliphatic hydroxyl groups excluding tert-OH is 1. The summed E-state index contributed by atoms with van der Waals surface area (Å²) >= 11 is 0. The van der Waals surface area contributed by atoms with Crippen LogP contribution in [-0.2, 0) is 6.42 Å². The maximum Gasteiger partial charge on any atom is 0.134 e. The highest BCUT2D eigenvalue weighted by atomic mass is 16.3. The summed E-state index contributed by atoms with van der Waals surface area (Å²) in [6.45, 7) is 1.91. The van der Waals surface area contributed by atoms with Crippen LogP contribution in [0, 0.1) is 6.92 Å². The highest BCUT2D eigenvalue weighted by Crippen LogP contribution is 2.25. The zero-order valence-electron chi connectivity index (χ0n) is 9.89. The maximum atomic E-state index is 8.96. The van der Waals surface area contributed by atoms with Gasteiger partial charge in [-0.2, -0.15) is 0 Å². The lowest BCUT2D eigenvalue weighted by Gasteiger charge is -2.05. The standard InChI is InChI=1S/C14H17NO2/c1-10-12(7-13(15)9-16)8-14(17-10)11-5-3-2-4-6-11/h2-6,8,13,16H,7,9,15H2,1H3. The van der Waals surface area contributed by atoms with Crippen molar-refractivity contribution in [3.8, 4) is 11.3 Å². The van der Waals surface area contributed by atoms with Gasteiger partial charge in [-0.1, -0.05) is 30.3 Å². The van der Waals surface area contributed by atoms with Crippen LogP contribution in [0.5, 0.6) is 0 Å². The van der Waals surface area contributed by atoms with Gasteiger partial charge in [-0.25, -0.2) is 0 Å². The van der Waals surface area contributed by atoms with Crippen molar-refractivity contribution in [3.63, 3.8) is 0 Å². The Morgan fingerprint density at radius 1 is 1.29 bits per heavy atom. The smallest absolute Gasteiger partial charge is 0.134 e. The fourth-order valence-corrected chi connectivity index (χ4v) is 1.81. The van der Waals surface area contributed by atoms with E-state index in [0.29, 0.717) is 6.42 Å². The van der Waals surface area contributed by atoms with Crippen molar-refractivity contribution in [2.24, 2.45) is 5.73 Å². The molecule has 17 heavy (non-hydrogen) atoms. The fraction of sp³-hybridized carbons (Fsp3) is 0.286. The molecule has 0 aliphatic heterocycles. The molecule has 90 valence electrons. The number of hydrogen-bond acceptors (Lipinski definition) is 3. The average molecular weight is 231 g/mol. The summed E-state index contributed by atoms with van der Waals surface area (Å²) in [7, 11) is 0. The van der Waals surface area contributed by atoms with Crippen molar-refractivity contribution < 1.29 is 9.52 Å². The summed E-state index contributed by atoms with van der Waals surface area (Å²) < 4.78 is 5.71. The van der Waals surface area contributed by atoms with Crippen LogP contribution in [0.15, 0.2) is 40.8 Å². The molecular weight excluding hydrogens is 214 g/mol. The number of benzene rings is 1. The first-order valence-corrected chi connectivity index (χ1v) is 5.72. The fourth-order valence-electron chi connectivity index (χ4n) is 1.81. The van der Waals surface area contributed by atoms with Crippen molar-refractivity contribution in [1.29, 1.82) is 0 Å². The maximum absolute atomic E-state index is 8.96. The van der Waals surface area contributed by atoms with Gasteiger partial charge in [0.05, 0.1) is 6.61 Å². The first-order valence-electron chi connectivity index (χ1n) is 5.72. The highest BCUT2D eigenvalue weighted by Gasteiger charge is 2.11. The summed E-state index contributed by atoms with van der Waals surface area (Å²) in [6, 6.07) is 11.7. The van der Waals surface area contributed by atoms with E-state index in [-0.39, 0.29) is 12.6 Å². The van der Waals surface area contributed by atoms with Crippen molar-refractivity contribution in [3.05, 3.63) is 47.7 Å². The number of aliphatic hydroxyl groups is 1. The lowest BCUT2D eigenvalue weighted by atomic mass is 10.1. The van der Waals surface area contributed by atoms with Gasteiger partial charge in [0, 0.05) is 11.6 Å². The number of rotatable bonds is 4. The van der Waals surface area contributed by atoms with Gasteiger partial charge < -0.3 is 15.3 Å². The van der Waals surface area contributed by atoms with Gasteiger partial charge in [0.1, 0.15) is 11.5 Å². The van der Waals surface area contributed by atoms with Crippen LogP contribution < -0.4 is 5.73 Å². The van der Waals surface area contributed by atoms with Gasteiger partial charge in [-0.05, 0) is 25.0 Å². The summed E-state index contributed by atoms with van der Waals surface area (Å²) in [5, 5.41) is 8.96. The molecule has 2 aromatic rings. The van der Waals surface area contributed by atoms with E-state index in [1.54, 1.807) is 0 Å². The van der Waals surface area contributed by atoms with E-state index >= 15 is 0 Å². The molecule has 3 N–H and O–H groups in total. The van der Waals surface area contributed by atoms with Gasteiger partial charge in [-0.15, -0.1) is 0 Å². The monoisotopic (exact) mass is 231 g/mol. The minimum atomic E-state index is -0.227. The molecule has 1 aromatic heterocycles. The Balaban J connectivity index is 2.25. The van der Waals surface area contributed by atoms with E-state index in [2.05, 4.69) is 0 Å². The number of hydrogen-bond donors (Lipinski definition) is 2. The van der Waals surface area contributed by atoms with Crippen LogP contribution in [0.25, 0.3) is 11.3 Å². The molecule has 0 fully saturated rings. The summed E-state index contributed by atoms with van der Waals surface area (Å²) in [6.07, 6.45) is 0.638. The molecule has 0 spiro atoms. The molecule has 0 saturated heterocycles. The van der Waals surface area contributed by atoms with Gasteiger partial charge in [0.2, 0.25) is 0 Å². The predicted octanol–water partition coefficient (Wildman–Crippen LogP) is 2.12. The average Bonchev–Trinajstić information content (AvgIpc) is 2.72. The Morgan fingerprint density at radius 2 is 2.00 bits per heavy atom. The molecule has 0 saturated carbocycles. The van der Waals surface area contributed by atoms with Crippen molar-refractivity contribution in [1.82, 2.24) is 0 Å². The summed E-state index contributed by atoms with van der Waals surface area (Å²) in [4.78, 5) is 0. The first kappa shape index (κ1) is 11.9. The summed E-state index contributed by atoms with van der Waals surface area (Å²) in [5.41, 5.74) is 7.85. The molecule has 0 radical (unpaired) electrons. The molecule has 1 atom stereocenters. The van der Waals surface area contributed by atoms with E-state index in [1.807, 2.05) is 43.3 Å². The molecule has 1 heterocycles. The van der Waals surface area contributed by atoms with E-state index in [9.17, 15) is 0 Å². The van der Waals surface area contributed by atoms with Crippen LogP contribution in [-0.4, -0.2) is 17.8 Å². The van der Waals surface area contributed by atoms with E-state index in [1.165, 1.54) is 0 Å². The van der Waals surface area contributed by atoms with Gasteiger partial charge >= 0.3 is 0 Å². The topological polar surface area (TPSA) is 59.4 Å². The molecule has 3 heteroatoms. The van der Waals surface area contributed by atoms with Gasteiger partial charge in [-0.3, -0.25) is 0 Å². The van der Waals surface area contributed by atoms with Crippen molar-refractivity contribution in [2.45, 2.75) is 19.4 Å². The third kappa shape index (κ3) is 2.75. The zero-order valence-corrected chi connectivity index (χ0v) is 9.89. The molecule has 1 unspecified atom stereocenters. The molecule has 3 nitrogen and oxygen atoms in total. The minimum absolute atomic E-state index is 0.00864. The third-order valence-corrected chi connectivity index (χ3v) is 2.80. The van der Waals surface area contributed by atoms with E-state index in [0.717, 1.165) is 22.6 Å². The second-order valence-corrected chi connectivity index (χ2v) is 4.20. The second-order valence-electron chi connectivity index (χ2n) is 4.20.